The summed E-state index contributed by atoms with van der Waals surface area (Å²) in [5.74, 6) is 0.179. The lowest BCUT2D eigenvalue weighted by atomic mass is 10.3. The molecule has 0 bridgehead atoms. The standard InChI is InChI=1S/C11H17ClN2O2S2/c12-11-4-3-10(17-11)5-7-14-18(15,16)8-9-2-1-6-13-9/h3-4,9,13-14H,1-2,5-8H2. The summed E-state index contributed by atoms with van der Waals surface area (Å²) < 4.78 is 27.0. The van der Waals surface area contributed by atoms with Crippen LogP contribution in [-0.4, -0.2) is 33.3 Å². The largest absolute Gasteiger partial charge is 0.313 e. The van der Waals surface area contributed by atoms with Gasteiger partial charge in [0.25, 0.3) is 0 Å². The number of nitrogens with one attached hydrogen (secondary N) is 2. The van der Waals surface area contributed by atoms with Crippen molar-refractivity contribution in [1.29, 1.82) is 0 Å². The van der Waals surface area contributed by atoms with Gasteiger partial charge in [-0.25, -0.2) is 13.1 Å². The molecule has 1 atom stereocenters. The fourth-order valence-electron chi connectivity index (χ4n) is 2.04. The van der Waals surface area contributed by atoms with Gasteiger partial charge in [0.1, 0.15) is 0 Å². The molecule has 0 saturated carbocycles. The Balaban J connectivity index is 1.74. The van der Waals surface area contributed by atoms with Crippen LogP contribution in [0.25, 0.3) is 0 Å². The highest BCUT2D eigenvalue weighted by molar-refractivity contribution is 7.89. The van der Waals surface area contributed by atoms with Gasteiger partial charge in [-0.15, -0.1) is 11.3 Å². The van der Waals surface area contributed by atoms with Crippen LogP contribution in [0.3, 0.4) is 0 Å². The molecule has 1 unspecified atom stereocenters. The maximum absolute atomic E-state index is 11.8. The topological polar surface area (TPSA) is 58.2 Å². The quantitative estimate of drug-likeness (QED) is 0.839. The SMILES string of the molecule is O=S(=O)(CC1CCCN1)NCCc1ccc(Cl)s1. The number of rotatable bonds is 6. The second-order valence-corrected chi connectivity index (χ2v) is 8.08. The third-order valence-electron chi connectivity index (χ3n) is 2.91. The minimum Gasteiger partial charge on any atom is -0.313 e. The normalized spacial score (nSPS) is 20.4. The van der Waals surface area contributed by atoms with Crippen LogP contribution in [0.4, 0.5) is 0 Å². The molecule has 2 rings (SSSR count). The van der Waals surface area contributed by atoms with E-state index in [0.29, 0.717) is 13.0 Å². The van der Waals surface area contributed by atoms with E-state index in [2.05, 4.69) is 10.0 Å². The Hall–Kier alpha value is -0.140. The van der Waals surface area contributed by atoms with Crippen LogP contribution in [0, 0.1) is 0 Å². The van der Waals surface area contributed by atoms with Crippen LogP contribution in [0.1, 0.15) is 17.7 Å². The molecule has 1 aliphatic heterocycles. The van der Waals surface area contributed by atoms with E-state index in [-0.39, 0.29) is 11.8 Å². The Morgan fingerprint density at radius 3 is 2.94 bits per heavy atom. The zero-order chi connectivity index (χ0) is 13.0. The summed E-state index contributed by atoms with van der Waals surface area (Å²) in [6, 6.07) is 3.87. The Morgan fingerprint density at radius 2 is 2.33 bits per heavy atom. The predicted molar refractivity (Wildman–Crippen MR) is 75.8 cm³/mol. The molecule has 0 aromatic carbocycles. The first kappa shape index (κ1) is 14.3. The number of thiophene rings is 1. The third-order valence-corrected chi connectivity index (χ3v) is 5.68. The maximum atomic E-state index is 11.8. The van der Waals surface area contributed by atoms with E-state index < -0.39 is 10.0 Å². The number of hydrogen-bond donors (Lipinski definition) is 2. The van der Waals surface area contributed by atoms with Gasteiger partial charge in [-0.1, -0.05) is 11.6 Å². The lowest BCUT2D eigenvalue weighted by molar-refractivity contribution is 0.564. The second kappa shape index (κ2) is 6.34. The first-order chi connectivity index (χ1) is 8.55. The number of halogens is 1. The minimum atomic E-state index is -3.17. The minimum absolute atomic E-state index is 0.110. The zero-order valence-corrected chi connectivity index (χ0v) is 12.4. The summed E-state index contributed by atoms with van der Waals surface area (Å²) in [6.45, 7) is 1.36. The van der Waals surface area contributed by atoms with E-state index in [1.165, 1.54) is 11.3 Å². The summed E-state index contributed by atoms with van der Waals surface area (Å²) >= 11 is 7.30. The van der Waals surface area contributed by atoms with Crippen LogP contribution in [-0.2, 0) is 16.4 Å². The molecule has 0 amide bonds. The monoisotopic (exact) mass is 308 g/mol. The molecule has 1 aromatic heterocycles. The van der Waals surface area contributed by atoms with E-state index in [1.54, 1.807) is 0 Å². The average Bonchev–Trinajstić information content (AvgIpc) is 2.89. The molecular formula is C11H17ClN2O2S2. The number of hydrogen-bond acceptors (Lipinski definition) is 4. The molecule has 2 N–H and O–H groups in total. The van der Waals surface area contributed by atoms with Crippen molar-refractivity contribution in [3.05, 3.63) is 21.3 Å². The molecule has 7 heteroatoms. The summed E-state index contributed by atoms with van der Waals surface area (Å²) in [4.78, 5) is 1.10. The first-order valence-corrected chi connectivity index (χ1v) is 8.85. The van der Waals surface area contributed by atoms with Crippen LogP contribution in [0.5, 0.6) is 0 Å². The molecule has 102 valence electrons. The maximum Gasteiger partial charge on any atom is 0.213 e. The fraction of sp³-hybridized carbons (Fsp3) is 0.636. The molecule has 1 aromatic rings. The Bertz CT molecular complexity index is 481. The van der Waals surface area contributed by atoms with Gasteiger partial charge in [-0.2, -0.15) is 0 Å². The van der Waals surface area contributed by atoms with Gasteiger partial charge in [-0.05, 0) is 37.9 Å². The summed E-state index contributed by atoms with van der Waals surface area (Å²) in [5.41, 5.74) is 0. The van der Waals surface area contributed by atoms with Gasteiger partial charge in [0.15, 0.2) is 0 Å². The Labute approximate surface area is 117 Å². The van der Waals surface area contributed by atoms with E-state index in [0.717, 1.165) is 28.6 Å². The molecule has 4 nitrogen and oxygen atoms in total. The molecule has 1 saturated heterocycles. The lowest BCUT2D eigenvalue weighted by Gasteiger charge is -2.11. The first-order valence-electron chi connectivity index (χ1n) is 6.00. The highest BCUT2D eigenvalue weighted by atomic mass is 35.5. The molecule has 1 aliphatic rings. The fourth-order valence-corrected chi connectivity index (χ4v) is 4.47. The van der Waals surface area contributed by atoms with Gasteiger partial charge >= 0.3 is 0 Å². The molecule has 0 aliphatic carbocycles. The third kappa shape index (κ3) is 4.51. The van der Waals surface area contributed by atoms with Gasteiger partial charge < -0.3 is 5.32 Å². The van der Waals surface area contributed by atoms with Crippen molar-refractivity contribution < 1.29 is 8.42 Å². The second-order valence-electron chi connectivity index (χ2n) is 4.42. The van der Waals surface area contributed by atoms with Gasteiger partial charge in [0.2, 0.25) is 10.0 Å². The average molecular weight is 309 g/mol. The van der Waals surface area contributed by atoms with Gasteiger partial charge in [-0.3, -0.25) is 0 Å². The van der Waals surface area contributed by atoms with Crippen molar-refractivity contribution >= 4 is 33.0 Å². The van der Waals surface area contributed by atoms with E-state index in [4.69, 9.17) is 11.6 Å². The molecule has 0 spiro atoms. The molecule has 2 heterocycles. The van der Waals surface area contributed by atoms with Crippen LogP contribution in [0.15, 0.2) is 12.1 Å². The zero-order valence-electron chi connectivity index (χ0n) is 9.99. The van der Waals surface area contributed by atoms with Crippen molar-refractivity contribution in [2.45, 2.75) is 25.3 Å². The Kier molecular flexibility index (Phi) is 5.03. The van der Waals surface area contributed by atoms with Gasteiger partial charge in [0.05, 0.1) is 10.1 Å². The van der Waals surface area contributed by atoms with Crippen molar-refractivity contribution in [1.82, 2.24) is 10.0 Å². The van der Waals surface area contributed by atoms with Crippen molar-refractivity contribution in [2.75, 3.05) is 18.8 Å². The molecular weight excluding hydrogens is 292 g/mol. The van der Waals surface area contributed by atoms with Crippen molar-refractivity contribution in [3.8, 4) is 0 Å². The highest BCUT2D eigenvalue weighted by Gasteiger charge is 2.21. The van der Waals surface area contributed by atoms with E-state index in [9.17, 15) is 8.42 Å². The van der Waals surface area contributed by atoms with Crippen LogP contribution >= 0.6 is 22.9 Å². The smallest absolute Gasteiger partial charge is 0.213 e. The highest BCUT2D eigenvalue weighted by Crippen LogP contribution is 2.21. The van der Waals surface area contributed by atoms with E-state index in [1.807, 2.05) is 12.1 Å². The predicted octanol–water partition coefficient (Wildman–Crippen LogP) is 1.62. The summed E-state index contributed by atoms with van der Waals surface area (Å²) in [7, 11) is -3.17. The molecule has 1 fully saturated rings. The van der Waals surface area contributed by atoms with E-state index >= 15 is 0 Å². The van der Waals surface area contributed by atoms with Crippen molar-refractivity contribution in [3.63, 3.8) is 0 Å². The van der Waals surface area contributed by atoms with Crippen LogP contribution < -0.4 is 10.0 Å². The molecule has 0 radical (unpaired) electrons. The number of sulfonamides is 1. The van der Waals surface area contributed by atoms with Crippen molar-refractivity contribution in [2.24, 2.45) is 0 Å². The summed E-state index contributed by atoms with van der Waals surface area (Å²) in [6.07, 6.45) is 2.70. The lowest BCUT2D eigenvalue weighted by Crippen LogP contribution is -2.37. The summed E-state index contributed by atoms with van der Waals surface area (Å²) in [5, 5.41) is 3.19. The Morgan fingerprint density at radius 1 is 1.50 bits per heavy atom. The van der Waals surface area contributed by atoms with Crippen LogP contribution in [0.2, 0.25) is 4.34 Å². The van der Waals surface area contributed by atoms with Gasteiger partial charge in [0, 0.05) is 17.5 Å². The molecule has 18 heavy (non-hydrogen) atoms.